The topological polar surface area (TPSA) is 46.3 Å². The van der Waals surface area contributed by atoms with E-state index < -0.39 is 0 Å². The Morgan fingerprint density at radius 3 is 2.60 bits per heavy atom. The van der Waals surface area contributed by atoms with Gasteiger partial charge in [0, 0.05) is 15.7 Å². The number of hydrogen-bond acceptors (Lipinski definition) is 2. The maximum atomic E-state index is 12.7. The van der Waals surface area contributed by atoms with E-state index in [1.807, 2.05) is 55.5 Å². The van der Waals surface area contributed by atoms with Crippen molar-refractivity contribution in [2.45, 2.75) is 13.3 Å². The third kappa shape index (κ3) is 3.30. The number of nitrogen functional groups attached to an aromatic ring is 1. The van der Waals surface area contributed by atoms with Crippen LogP contribution >= 0.6 is 22.6 Å². The van der Waals surface area contributed by atoms with Gasteiger partial charge < -0.3 is 10.6 Å². The van der Waals surface area contributed by atoms with Crippen LogP contribution in [0, 0.1) is 3.57 Å². The molecule has 0 aliphatic heterocycles. The second-order valence-corrected chi connectivity index (χ2v) is 5.77. The number of anilines is 2. The molecule has 0 aromatic heterocycles. The molecule has 20 heavy (non-hydrogen) atoms. The van der Waals surface area contributed by atoms with E-state index in [2.05, 4.69) is 22.6 Å². The average Bonchev–Trinajstić information content (AvgIpc) is 2.45. The Balaban J connectivity index is 2.39. The van der Waals surface area contributed by atoms with Crippen molar-refractivity contribution < 1.29 is 4.79 Å². The summed E-state index contributed by atoms with van der Waals surface area (Å²) in [5, 5.41) is 0. The number of nitrogens with two attached hydrogens (primary N) is 1. The molecule has 0 fully saturated rings. The smallest absolute Gasteiger partial charge is 0.258 e. The van der Waals surface area contributed by atoms with Crippen LogP contribution in [0.3, 0.4) is 0 Å². The summed E-state index contributed by atoms with van der Waals surface area (Å²) >= 11 is 2.21. The molecule has 0 radical (unpaired) electrons. The van der Waals surface area contributed by atoms with E-state index in [-0.39, 0.29) is 5.91 Å². The zero-order valence-electron chi connectivity index (χ0n) is 11.3. The van der Waals surface area contributed by atoms with Gasteiger partial charge in [0.25, 0.3) is 5.91 Å². The maximum absolute atomic E-state index is 12.7. The van der Waals surface area contributed by atoms with Crippen molar-refractivity contribution in [2.24, 2.45) is 0 Å². The van der Waals surface area contributed by atoms with Gasteiger partial charge in [-0.3, -0.25) is 4.79 Å². The highest BCUT2D eigenvalue weighted by atomic mass is 127. The number of amides is 1. The second kappa shape index (κ2) is 6.74. The molecule has 0 atom stereocenters. The van der Waals surface area contributed by atoms with Crippen LogP contribution in [0.2, 0.25) is 0 Å². The van der Waals surface area contributed by atoms with Crippen molar-refractivity contribution in [3.8, 4) is 0 Å². The van der Waals surface area contributed by atoms with Gasteiger partial charge in [0.05, 0.1) is 11.4 Å². The number of para-hydroxylation sites is 2. The zero-order chi connectivity index (χ0) is 14.5. The van der Waals surface area contributed by atoms with Crippen molar-refractivity contribution in [3.05, 3.63) is 57.7 Å². The Labute approximate surface area is 132 Å². The molecule has 0 aliphatic rings. The summed E-state index contributed by atoms with van der Waals surface area (Å²) in [6.45, 7) is 2.70. The van der Waals surface area contributed by atoms with Crippen LogP contribution in [-0.4, -0.2) is 12.5 Å². The summed E-state index contributed by atoms with van der Waals surface area (Å²) in [7, 11) is 0. The van der Waals surface area contributed by atoms with E-state index >= 15 is 0 Å². The van der Waals surface area contributed by atoms with Gasteiger partial charge in [-0.2, -0.15) is 0 Å². The first-order chi connectivity index (χ1) is 9.63. The van der Waals surface area contributed by atoms with Crippen LogP contribution in [0.15, 0.2) is 48.5 Å². The second-order valence-electron chi connectivity index (χ2n) is 4.53. The lowest BCUT2D eigenvalue weighted by Gasteiger charge is -2.24. The Bertz CT molecular complexity index is 613. The Kier molecular flexibility index (Phi) is 5.00. The highest BCUT2D eigenvalue weighted by Gasteiger charge is 2.18. The number of hydrogen-bond donors (Lipinski definition) is 1. The third-order valence-electron chi connectivity index (χ3n) is 2.99. The van der Waals surface area contributed by atoms with Gasteiger partial charge in [-0.25, -0.2) is 0 Å². The number of carbonyl (C=O) groups is 1. The summed E-state index contributed by atoms with van der Waals surface area (Å²) in [5.74, 6) is -0.0109. The summed E-state index contributed by atoms with van der Waals surface area (Å²) < 4.78 is 1.05. The zero-order valence-corrected chi connectivity index (χ0v) is 13.5. The van der Waals surface area contributed by atoms with E-state index in [0.717, 1.165) is 15.7 Å². The lowest BCUT2D eigenvalue weighted by molar-refractivity contribution is 0.0987. The van der Waals surface area contributed by atoms with Gasteiger partial charge in [-0.15, -0.1) is 0 Å². The summed E-state index contributed by atoms with van der Waals surface area (Å²) in [4.78, 5) is 14.5. The molecule has 0 saturated heterocycles. The van der Waals surface area contributed by atoms with Crippen LogP contribution in [0.5, 0.6) is 0 Å². The average molecular weight is 380 g/mol. The van der Waals surface area contributed by atoms with Crippen LogP contribution in [0.25, 0.3) is 0 Å². The standard InChI is InChI=1S/C16H17IN2O/c1-2-10-19(15-9-4-3-8-14(15)18)16(20)12-6-5-7-13(17)11-12/h3-9,11H,2,10,18H2,1H3. The minimum atomic E-state index is -0.0109. The molecule has 2 N–H and O–H groups in total. The summed E-state index contributed by atoms with van der Waals surface area (Å²) in [6.07, 6.45) is 0.879. The molecule has 4 heteroatoms. The Hall–Kier alpha value is -1.56. The van der Waals surface area contributed by atoms with Crippen LogP contribution in [-0.2, 0) is 0 Å². The maximum Gasteiger partial charge on any atom is 0.258 e. The number of benzene rings is 2. The molecule has 2 aromatic rings. The predicted octanol–water partition coefficient (Wildman–Crippen LogP) is 3.93. The third-order valence-corrected chi connectivity index (χ3v) is 3.66. The molecule has 2 aromatic carbocycles. The highest BCUT2D eigenvalue weighted by Crippen LogP contribution is 2.25. The molecule has 3 nitrogen and oxygen atoms in total. The molecule has 0 unspecified atom stereocenters. The largest absolute Gasteiger partial charge is 0.397 e. The molecule has 0 bridgehead atoms. The molecular formula is C16H17IN2O. The van der Waals surface area contributed by atoms with E-state index in [4.69, 9.17) is 5.73 Å². The van der Waals surface area contributed by atoms with Crippen molar-refractivity contribution in [1.29, 1.82) is 0 Å². The Morgan fingerprint density at radius 1 is 1.20 bits per heavy atom. The summed E-state index contributed by atoms with van der Waals surface area (Å²) in [6, 6.07) is 15.1. The molecule has 0 heterocycles. The molecule has 0 spiro atoms. The van der Waals surface area contributed by atoms with Crippen molar-refractivity contribution in [2.75, 3.05) is 17.2 Å². The first-order valence-electron chi connectivity index (χ1n) is 6.55. The van der Waals surface area contributed by atoms with Crippen molar-refractivity contribution in [1.82, 2.24) is 0 Å². The van der Waals surface area contributed by atoms with Gasteiger partial charge in [-0.05, 0) is 59.3 Å². The quantitative estimate of drug-likeness (QED) is 0.646. The fourth-order valence-electron chi connectivity index (χ4n) is 2.07. The lowest BCUT2D eigenvalue weighted by atomic mass is 10.1. The molecule has 1 amide bonds. The number of rotatable bonds is 4. The van der Waals surface area contributed by atoms with Crippen LogP contribution < -0.4 is 10.6 Å². The Morgan fingerprint density at radius 2 is 1.95 bits per heavy atom. The van der Waals surface area contributed by atoms with Crippen molar-refractivity contribution >= 4 is 39.9 Å². The molecule has 0 aliphatic carbocycles. The van der Waals surface area contributed by atoms with Crippen molar-refractivity contribution in [3.63, 3.8) is 0 Å². The number of halogens is 1. The normalized spacial score (nSPS) is 10.3. The van der Waals surface area contributed by atoms with Gasteiger partial charge in [0.2, 0.25) is 0 Å². The van der Waals surface area contributed by atoms with E-state index in [1.165, 1.54) is 0 Å². The lowest BCUT2D eigenvalue weighted by Crippen LogP contribution is -2.32. The first kappa shape index (κ1) is 14.8. The fourth-order valence-corrected chi connectivity index (χ4v) is 2.61. The monoisotopic (exact) mass is 380 g/mol. The minimum Gasteiger partial charge on any atom is -0.397 e. The van der Waals surface area contributed by atoms with E-state index in [9.17, 15) is 4.79 Å². The SMILES string of the molecule is CCCN(C(=O)c1cccc(I)c1)c1ccccc1N. The fraction of sp³-hybridized carbons (Fsp3) is 0.188. The van der Waals surface area contributed by atoms with Gasteiger partial charge in [0.15, 0.2) is 0 Å². The molecule has 2 rings (SSSR count). The molecule has 104 valence electrons. The minimum absolute atomic E-state index is 0.0109. The van der Waals surface area contributed by atoms with E-state index in [0.29, 0.717) is 17.8 Å². The molecule has 0 saturated carbocycles. The molecular weight excluding hydrogens is 363 g/mol. The number of nitrogens with zero attached hydrogens (tertiary/aromatic N) is 1. The van der Waals surface area contributed by atoms with Crippen LogP contribution in [0.4, 0.5) is 11.4 Å². The number of carbonyl (C=O) groups excluding carboxylic acids is 1. The van der Waals surface area contributed by atoms with E-state index in [1.54, 1.807) is 4.90 Å². The first-order valence-corrected chi connectivity index (χ1v) is 7.63. The van der Waals surface area contributed by atoms with Crippen LogP contribution in [0.1, 0.15) is 23.7 Å². The predicted molar refractivity (Wildman–Crippen MR) is 92.0 cm³/mol. The highest BCUT2D eigenvalue weighted by molar-refractivity contribution is 14.1. The van der Waals surface area contributed by atoms with Gasteiger partial charge >= 0.3 is 0 Å². The summed E-state index contributed by atoms with van der Waals surface area (Å²) in [5.41, 5.74) is 8.09. The van der Waals surface area contributed by atoms with Gasteiger partial charge in [0.1, 0.15) is 0 Å². The van der Waals surface area contributed by atoms with Gasteiger partial charge in [-0.1, -0.05) is 25.1 Å².